The summed E-state index contributed by atoms with van der Waals surface area (Å²) in [4.78, 5) is 37.8. The molecule has 1 fully saturated rings. The van der Waals surface area contributed by atoms with Crippen molar-refractivity contribution in [1.82, 2.24) is 25.0 Å². The van der Waals surface area contributed by atoms with E-state index in [9.17, 15) is 14.4 Å². The number of H-pyrrole nitrogens is 2. The van der Waals surface area contributed by atoms with Crippen molar-refractivity contribution in [2.75, 3.05) is 0 Å². The molecule has 1 aromatic carbocycles. The van der Waals surface area contributed by atoms with Gasteiger partial charge in [0, 0.05) is 11.1 Å². The summed E-state index contributed by atoms with van der Waals surface area (Å²) in [5.74, 6) is 1.09. The molecule has 1 unspecified atom stereocenters. The van der Waals surface area contributed by atoms with Gasteiger partial charge in [-0.2, -0.15) is 9.94 Å². The number of fused-ring (bicyclic) bond motifs is 3. The fraction of sp³-hybridized carbons (Fsp3) is 0.263. The predicted molar refractivity (Wildman–Crippen MR) is 109 cm³/mol. The summed E-state index contributed by atoms with van der Waals surface area (Å²) < 4.78 is 6.71. The van der Waals surface area contributed by atoms with Crippen LogP contribution in [0, 0.1) is 17.2 Å². The second kappa shape index (κ2) is 7.08. The molecule has 0 bridgehead atoms. The van der Waals surface area contributed by atoms with Crippen molar-refractivity contribution >= 4 is 23.2 Å². The Labute approximate surface area is 183 Å². The average molecular weight is 459 g/mol. The Kier molecular flexibility index (Phi) is 4.46. The Bertz CT molecular complexity index is 1440. The van der Waals surface area contributed by atoms with E-state index in [1.165, 1.54) is 12.1 Å². The summed E-state index contributed by atoms with van der Waals surface area (Å²) in [6.07, 6.45) is 2.61. The largest absolute Gasteiger partial charge is 0.434 e. The number of aromatic amines is 2. The highest BCUT2D eigenvalue weighted by molar-refractivity contribution is 6.37. The van der Waals surface area contributed by atoms with E-state index in [1.807, 2.05) is 4.98 Å². The molecule has 0 amide bonds. The minimum absolute atomic E-state index is 0.0471. The lowest BCUT2D eigenvalue weighted by molar-refractivity contribution is 0.441. The maximum Gasteiger partial charge on any atom is 0.349 e. The van der Waals surface area contributed by atoms with Crippen LogP contribution in [0.25, 0.3) is 5.69 Å². The van der Waals surface area contributed by atoms with Gasteiger partial charge in [0.05, 0.1) is 15.7 Å². The van der Waals surface area contributed by atoms with Gasteiger partial charge < -0.3 is 4.74 Å². The van der Waals surface area contributed by atoms with Crippen LogP contribution in [-0.2, 0) is 6.42 Å². The number of hydrogen-bond donors (Lipinski definition) is 2. The fourth-order valence-electron chi connectivity index (χ4n) is 3.95. The average Bonchev–Trinajstić information content (AvgIpc) is 3.52. The van der Waals surface area contributed by atoms with Crippen molar-refractivity contribution in [2.45, 2.75) is 25.2 Å². The molecular formula is C19H12Cl2N6O4. The minimum Gasteiger partial charge on any atom is -0.434 e. The zero-order valence-corrected chi connectivity index (χ0v) is 17.1. The number of halogens is 2. The second-order valence-corrected chi connectivity index (χ2v) is 8.18. The van der Waals surface area contributed by atoms with E-state index in [4.69, 9.17) is 33.2 Å². The monoisotopic (exact) mass is 458 g/mol. The van der Waals surface area contributed by atoms with E-state index >= 15 is 0 Å². The first-order valence-corrected chi connectivity index (χ1v) is 10.1. The third kappa shape index (κ3) is 3.22. The molecule has 31 heavy (non-hydrogen) atoms. The number of hydrogen-bond acceptors (Lipinski definition) is 7. The number of ether oxygens (including phenoxy) is 1. The Morgan fingerprint density at radius 1 is 1.19 bits per heavy atom. The van der Waals surface area contributed by atoms with Gasteiger partial charge in [-0.1, -0.05) is 23.2 Å². The van der Waals surface area contributed by atoms with Crippen LogP contribution in [0.2, 0.25) is 10.0 Å². The molecular weight excluding hydrogens is 447 g/mol. The minimum atomic E-state index is -0.895. The Hall–Kier alpha value is -3.42. The van der Waals surface area contributed by atoms with Crippen molar-refractivity contribution in [1.29, 1.82) is 5.26 Å². The number of benzene rings is 1. The van der Waals surface area contributed by atoms with Gasteiger partial charge in [0.1, 0.15) is 6.07 Å². The van der Waals surface area contributed by atoms with Crippen molar-refractivity contribution in [2.24, 2.45) is 5.92 Å². The molecule has 0 spiro atoms. The molecule has 2 aliphatic rings. The summed E-state index contributed by atoms with van der Waals surface area (Å²) >= 11 is 12.7. The summed E-state index contributed by atoms with van der Waals surface area (Å²) in [6, 6.07) is 4.32. The van der Waals surface area contributed by atoms with Crippen LogP contribution in [0.4, 0.5) is 0 Å². The normalized spacial score (nSPS) is 18.6. The number of rotatable bonds is 3. The van der Waals surface area contributed by atoms with Crippen LogP contribution in [0.1, 0.15) is 35.6 Å². The molecule has 1 saturated carbocycles. The number of nitriles is 1. The zero-order valence-electron chi connectivity index (χ0n) is 15.6. The standard InChI is InChI=1S/C19H12Cl2N6O4/c20-11-4-8(27-19(30)23-17(29)13(6-22)26-27)5-12(21)15(11)31-18-14-9(16(28)24-25-18)2-1-7-3-10(7)14/h4-5,7,10H,1-3H2,(H,24,28)(H,23,29,30)/t7-,10?/m0/s1. The maximum absolute atomic E-state index is 12.2. The third-order valence-electron chi connectivity index (χ3n) is 5.51. The lowest BCUT2D eigenvalue weighted by atomic mass is 9.94. The van der Waals surface area contributed by atoms with Gasteiger partial charge in [-0.3, -0.25) is 14.6 Å². The molecule has 0 radical (unpaired) electrons. The molecule has 0 saturated heterocycles. The first-order chi connectivity index (χ1) is 14.9. The first-order valence-electron chi connectivity index (χ1n) is 9.30. The Morgan fingerprint density at radius 2 is 1.94 bits per heavy atom. The molecule has 0 aliphatic heterocycles. The van der Waals surface area contributed by atoms with Crippen molar-refractivity contribution in [3.8, 4) is 23.4 Å². The molecule has 5 rings (SSSR count). The number of aromatic nitrogens is 5. The molecule has 2 N–H and O–H groups in total. The molecule has 12 heteroatoms. The quantitative estimate of drug-likeness (QED) is 0.609. The topological polar surface area (TPSA) is 147 Å². The summed E-state index contributed by atoms with van der Waals surface area (Å²) in [6.45, 7) is 0. The molecule has 2 aromatic heterocycles. The van der Waals surface area contributed by atoms with Crippen molar-refractivity contribution < 1.29 is 4.74 Å². The Balaban J connectivity index is 1.57. The number of nitrogens with one attached hydrogen (secondary N) is 2. The van der Waals surface area contributed by atoms with Gasteiger partial charge >= 0.3 is 5.69 Å². The van der Waals surface area contributed by atoms with Crippen LogP contribution < -0.4 is 21.5 Å². The van der Waals surface area contributed by atoms with E-state index in [0.29, 0.717) is 17.9 Å². The maximum atomic E-state index is 12.2. The van der Waals surface area contributed by atoms with Gasteiger partial charge in [-0.05, 0) is 43.2 Å². The highest BCUT2D eigenvalue weighted by Gasteiger charge is 2.45. The summed E-state index contributed by atoms with van der Waals surface area (Å²) in [5, 5.41) is 19.3. The molecule has 2 atom stereocenters. The molecule has 3 aromatic rings. The fourth-order valence-corrected chi connectivity index (χ4v) is 4.50. The van der Waals surface area contributed by atoms with Gasteiger partial charge in [-0.25, -0.2) is 9.89 Å². The van der Waals surface area contributed by atoms with Crippen LogP contribution in [0.3, 0.4) is 0 Å². The van der Waals surface area contributed by atoms with Gasteiger partial charge in [-0.15, -0.1) is 10.2 Å². The van der Waals surface area contributed by atoms with Gasteiger partial charge in [0.2, 0.25) is 11.6 Å². The molecule has 10 nitrogen and oxygen atoms in total. The lowest BCUT2D eigenvalue weighted by Crippen LogP contribution is -2.33. The lowest BCUT2D eigenvalue weighted by Gasteiger charge is -2.18. The Morgan fingerprint density at radius 3 is 2.65 bits per heavy atom. The van der Waals surface area contributed by atoms with Gasteiger partial charge in [0.25, 0.3) is 11.1 Å². The highest BCUT2D eigenvalue weighted by Crippen LogP contribution is 2.56. The van der Waals surface area contributed by atoms with E-state index in [-0.39, 0.29) is 38.8 Å². The van der Waals surface area contributed by atoms with E-state index in [0.717, 1.165) is 23.1 Å². The molecule has 156 valence electrons. The van der Waals surface area contributed by atoms with E-state index in [2.05, 4.69) is 15.3 Å². The van der Waals surface area contributed by atoms with Crippen LogP contribution in [-0.4, -0.2) is 25.0 Å². The first kappa shape index (κ1) is 19.5. The van der Waals surface area contributed by atoms with Gasteiger partial charge in [0.15, 0.2) is 5.75 Å². The highest BCUT2D eigenvalue weighted by atomic mass is 35.5. The van der Waals surface area contributed by atoms with Crippen LogP contribution in [0.15, 0.2) is 26.5 Å². The predicted octanol–water partition coefficient (Wildman–Crippen LogP) is 2.02. The third-order valence-corrected chi connectivity index (χ3v) is 6.07. The van der Waals surface area contributed by atoms with E-state index in [1.54, 1.807) is 6.07 Å². The summed E-state index contributed by atoms with van der Waals surface area (Å²) in [7, 11) is 0. The number of nitrogens with zero attached hydrogens (tertiary/aromatic N) is 4. The van der Waals surface area contributed by atoms with Crippen LogP contribution in [0.5, 0.6) is 11.6 Å². The molecule has 2 aliphatic carbocycles. The smallest absolute Gasteiger partial charge is 0.349 e. The van der Waals surface area contributed by atoms with Crippen LogP contribution >= 0.6 is 23.2 Å². The van der Waals surface area contributed by atoms with Crippen molar-refractivity contribution in [3.63, 3.8) is 0 Å². The SMILES string of the molecule is N#Cc1nn(-c2cc(Cl)c(Oc3n[nH]c(=O)c4c3C3C[C@@H]3CC4)c(Cl)c2)c(=O)[nH]c1=O. The zero-order chi connectivity index (χ0) is 21.9. The molecule has 2 heterocycles. The van der Waals surface area contributed by atoms with E-state index < -0.39 is 16.9 Å². The second-order valence-electron chi connectivity index (χ2n) is 7.36. The van der Waals surface area contributed by atoms with Crippen molar-refractivity contribution in [3.05, 3.63) is 70.2 Å². The summed E-state index contributed by atoms with van der Waals surface area (Å²) in [5.41, 5.74) is -0.894.